The third kappa shape index (κ3) is 6.57. The SMILES string of the molecule is CCCNCC1CCC(C)CC1CCCS(=O)(=O)CC. The van der Waals surface area contributed by atoms with Gasteiger partial charge in [-0.05, 0) is 62.9 Å². The van der Waals surface area contributed by atoms with E-state index in [9.17, 15) is 8.42 Å². The Kier molecular flexibility index (Phi) is 8.11. The molecule has 0 radical (unpaired) electrons. The highest BCUT2D eigenvalue weighted by Gasteiger charge is 2.28. The van der Waals surface area contributed by atoms with Crippen LogP contribution in [0.1, 0.15) is 59.3 Å². The van der Waals surface area contributed by atoms with Gasteiger partial charge in [0.15, 0.2) is 0 Å². The lowest BCUT2D eigenvalue weighted by molar-refractivity contribution is 0.174. The fraction of sp³-hybridized carbons (Fsp3) is 1.00. The smallest absolute Gasteiger partial charge is 0.150 e. The summed E-state index contributed by atoms with van der Waals surface area (Å²) < 4.78 is 23.2. The number of rotatable bonds is 9. The molecule has 1 rings (SSSR count). The molecule has 0 aromatic rings. The predicted octanol–water partition coefficient (Wildman–Crippen LogP) is 3.25. The Morgan fingerprint density at radius 2 is 1.90 bits per heavy atom. The van der Waals surface area contributed by atoms with Gasteiger partial charge in [0, 0.05) is 5.75 Å². The molecule has 3 unspecified atom stereocenters. The first-order valence-corrected chi connectivity index (χ1v) is 10.2. The zero-order chi connectivity index (χ0) is 15.0. The van der Waals surface area contributed by atoms with Gasteiger partial charge in [-0.3, -0.25) is 0 Å². The van der Waals surface area contributed by atoms with Crippen LogP contribution >= 0.6 is 0 Å². The van der Waals surface area contributed by atoms with Crippen LogP contribution in [0.15, 0.2) is 0 Å². The predicted molar refractivity (Wildman–Crippen MR) is 86.7 cm³/mol. The van der Waals surface area contributed by atoms with Crippen molar-refractivity contribution in [3.63, 3.8) is 0 Å². The molecule has 0 aromatic heterocycles. The number of hydrogen-bond donors (Lipinski definition) is 1. The maximum Gasteiger partial charge on any atom is 0.150 e. The molecule has 4 heteroatoms. The van der Waals surface area contributed by atoms with Gasteiger partial charge in [0.1, 0.15) is 9.84 Å². The van der Waals surface area contributed by atoms with Crippen molar-refractivity contribution in [2.45, 2.75) is 59.3 Å². The first kappa shape index (κ1) is 18.0. The van der Waals surface area contributed by atoms with E-state index in [-0.39, 0.29) is 5.75 Å². The van der Waals surface area contributed by atoms with E-state index in [4.69, 9.17) is 0 Å². The summed E-state index contributed by atoms with van der Waals surface area (Å²) in [6.45, 7) is 8.50. The van der Waals surface area contributed by atoms with E-state index >= 15 is 0 Å². The van der Waals surface area contributed by atoms with Gasteiger partial charge in [0.05, 0.1) is 5.75 Å². The first-order valence-electron chi connectivity index (χ1n) is 8.39. The largest absolute Gasteiger partial charge is 0.316 e. The molecule has 3 nitrogen and oxygen atoms in total. The second-order valence-electron chi connectivity index (χ2n) is 6.52. The maximum absolute atomic E-state index is 11.6. The summed E-state index contributed by atoms with van der Waals surface area (Å²) in [5, 5.41) is 3.55. The molecular formula is C16H33NO2S. The van der Waals surface area contributed by atoms with Gasteiger partial charge in [-0.1, -0.05) is 27.2 Å². The Balaban J connectivity index is 2.40. The van der Waals surface area contributed by atoms with Crippen LogP contribution < -0.4 is 5.32 Å². The summed E-state index contributed by atoms with van der Waals surface area (Å²) in [5.41, 5.74) is 0. The van der Waals surface area contributed by atoms with Gasteiger partial charge in [0.2, 0.25) is 0 Å². The number of sulfone groups is 1. The summed E-state index contributed by atoms with van der Waals surface area (Å²) in [6, 6.07) is 0. The van der Waals surface area contributed by atoms with Crippen molar-refractivity contribution in [3.8, 4) is 0 Å². The summed E-state index contributed by atoms with van der Waals surface area (Å²) >= 11 is 0. The fourth-order valence-corrected chi connectivity index (χ4v) is 4.25. The average molecular weight is 304 g/mol. The minimum atomic E-state index is -2.79. The molecule has 0 bridgehead atoms. The third-order valence-corrected chi connectivity index (χ3v) is 6.50. The van der Waals surface area contributed by atoms with E-state index in [0.29, 0.717) is 5.75 Å². The van der Waals surface area contributed by atoms with Crippen molar-refractivity contribution in [1.82, 2.24) is 5.32 Å². The van der Waals surface area contributed by atoms with E-state index < -0.39 is 9.84 Å². The summed E-state index contributed by atoms with van der Waals surface area (Å²) in [6.07, 6.45) is 7.04. The molecule has 1 N–H and O–H groups in total. The highest BCUT2D eigenvalue weighted by atomic mass is 32.2. The lowest BCUT2D eigenvalue weighted by Gasteiger charge is -2.35. The van der Waals surface area contributed by atoms with Gasteiger partial charge >= 0.3 is 0 Å². The summed E-state index contributed by atoms with van der Waals surface area (Å²) in [4.78, 5) is 0. The fourth-order valence-electron chi connectivity index (χ4n) is 3.36. The molecule has 0 saturated heterocycles. The van der Waals surface area contributed by atoms with Crippen molar-refractivity contribution in [2.24, 2.45) is 17.8 Å². The monoisotopic (exact) mass is 303 g/mol. The molecule has 0 heterocycles. The maximum atomic E-state index is 11.6. The summed E-state index contributed by atoms with van der Waals surface area (Å²) in [7, 11) is -2.79. The van der Waals surface area contributed by atoms with Gasteiger partial charge < -0.3 is 5.32 Å². The molecule has 1 aliphatic carbocycles. The molecular weight excluding hydrogens is 270 g/mol. The molecule has 0 aromatic carbocycles. The number of hydrogen-bond acceptors (Lipinski definition) is 3. The van der Waals surface area contributed by atoms with Gasteiger partial charge in [-0.25, -0.2) is 8.42 Å². The second kappa shape index (κ2) is 9.04. The van der Waals surface area contributed by atoms with Crippen LogP contribution in [0.25, 0.3) is 0 Å². The molecule has 120 valence electrons. The Morgan fingerprint density at radius 1 is 1.15 bits per heavy atom. The molecule has 1 aliphatic rings. The van der Waals surface area contributed by atoms with E-state index in [1.807, 2.05) is 0 Å². The van der Waals surface area contributed by atoms with Crippen molar-refractivity contribution in [3.05, 3.63) is 0 Å². The first-order chi connectivity index (χ1) is 9.48. The van der Waals surface area contributed by atoms with Crippen LogP contribution in [-0.4, -0.2) is 33.0 Å². The van der Waals surface area contributed by atoms with Crippen LogP contribution in [0.2, 0.25) is 0 Å². The molecule has 3 atom stereocenters. The minimum absolute atomic E-state index is 0.287. The summed E-state index contributed by atoms with van der Waals surface area (Å²) in [5.74, 6) is 2.95. The van der Waals surface area contributed by atoms with Crippen LogP contribution in [-0.2, 0) is 9.84 Å². The molecule has 20 heavy (non-hydrogen) atoms. The van der Waals surface area contributed by atoms with E-state index in [0.717, 1.165) is 43.7 Å². The van der Waals surface area contributed by atoms with E-state index in [1.165, 1.54) is 25.7 Å². The normalized spacial score (nSPS) is 27.6. The quantitative estimate of drug-likeness (QED) is 0.665. The van der Waals surface area contributed by atoms with Crippen LogP contribution in [0.4, 0.5) is 0 Å². The van der Waals surface area contributed by atoms with Crippen LogP contribution in [0.3, 0.4) is 0 Å². The standard InChI is InChI=1S/C16H33NO2S/c1-4-10-17-13-16-9-8-14(3)12-15(16)7-6-11-20(18,19)5-2/h14-17H,4-13H2,1-3H3. The lowest BCUT2D eigenvalue weighted by Crippen LogP contribution is -2.33. The van der Waals surface area contributed by atoms with E-state index in [1.54, 1.807) is 6.92 Å². The molecule has 0 aliphatic heterocycles. The highest BCUT2D eigenvalue weighted by molar-refractivity contribution is 7.91. The van der Waals surface area contributed by atoms with Crippen molar-refractivity contribution in [1.29, 1.82) is 0 Å². The molecule has 1 saturated carbocycles. The van der Waals surface area contributed by atoms with Gasteiger partial charge in [-0.2, -0.15) is 0 Å². The topological polar surface area (TPSA) is 46.2 Å². The van der Waals surface area contributed by atoms with Crippen molar-refractivity contribution >= 4 is 9.84 Å². The average Bonchev–Trinajstić information content (AvgIpc) is 2.41. The molecule has 1 fully saturated rings. The van der Waals surface area contributed by atoms with Crippen LogP contribution in [0.5, 0.6) is 0 Å². The minimum Gasteiger partial charge on any atom is -0.316 e. The molecule has 0 amide bonds. The third-order valence-electron chi connectivity index (χ3n) is 4.71. The Labute approximate surface area is 125 Å². The van der Waals surface area contributed by atoms with Crippen LogP contribution in [0, 0.1) is 17.8 Å². The Morgan fingerprint density at radius 3 is 2.55 bits per heavy atom. The van der Waals surface area contributed by atoms with Crippen molar-refractivity contribution in [2.75, 3.05) is 24.6 Å². The van der Waals surface area contributed by atoms with E-state index in [2.05, 4.69) is 19.2 Å². The zero-order valence-corrected chi connectivity index (χ0v) is 14.3. The lowest BCUT2D eigenvalue weighted by atomic mass is 9.73. The Bertz CT molecular complexity index is 353. The zero-order valence-electron chi connectivity index (χ0n) is 13.5. The molecule has 0 spiro atoms. The van der Waals surface area contributed by atoms with Crippen molar-refractivity contribution < 1.29 is 8.42 Å². The van der Waals surface area contributed by atoms with Gasteiger partial charge in [0.25, 0.3) is 0 Å². The second-order valence-corrected chi connectivity index (χ2v) is 8.99. The Hall–Kier alpha value is -0.0900. The van der Waals surface area contributed by atoms with Gasteiger partial charge in [-0.15, -0.1) is 0 Å². The number of nitrogens with one attached hydrogen (secondary N) is 1. The highest BCUT2D eigenvalue weighted by Crippen LogP contribution is 2.36.